The SMILES string of the molecule is CCC=CCCCC(CCc1ccccc1C(=O)NCC(=O)O)C(=O)O. The standard InChI is InChI=1S/C20H27NO5/c1-2-3-4-5-6-10-16(20(25)26)13-12-15-9-7-8-11-17(15)19(24)21-14-18(22)23/h3-4,7-9,11,16H,2,5-6,10,12-14H2,1H3,(H,21,24)(H,22,23)(H,25,26). The summed E-state index contributed by atoms with van der Waals surface area (Å²) in [5, 5.41) is 20.4. The monoisotopic (exact) mass is 361 g/mol. The number of nitrogens with one attached hydrogen (secondary N) is 1. The zero-order valence-electron chi connectivity index (χ0n) is 15.1. The van der Waals surface area contributed by atoms with Crippen molar-refractivity contribution in [3.63, 3.8) is 0 Å². The Bertz CT molecular complexity index is 639. The van der Waals surface area contributed by atoms with Crippen molar-refractivity contribution in [3.05, 3.63) is 47.5 Å². The normalized spacial score (nSPS) is 12.0. The Morgan fingerprint density at radius 1 is 1.12 bits per heavy atom. The van der Waals surface area contributed by atoms with Gasteiger partial charge in [0, 0.05) is 5.56 Å². The van der Waals surface area contributed by atoms with Crippen molar-refractivity contribution in [2.45, 2.75) is 45.4 Å². The van der Waals surface area contributed by atoms with E-state index in [1.54, 1.807) is 24.3 Å². The zero-order chi connectivity index (χ0) is 19.4. The summed E-state index contributed by atoms with van der Waals surface area (Å²) in [6, 6.07) is 6.89. The van der Waals surface area contributed by atoms with Crippen molar-refractivity contribution < 1.29 is 24.6 Å². The predicted octanol–water partition coefficient (Wildman–Crippen LogP) is 3.27. The van der Waals surface area contributed by atoms with Gasteiger partial charge in [0.15, 0.2) is 0 Å². The third kappa shape index (κ3) is 7.96. The maximum absolute atomic E-state index is 12.1. The molecular weight excluding hydrogens is 334 g/mol. The third-order valence-corrected chi connectivity index (χ3v) is 4.10. The summed E-state index contributed by atoms with van der Waals surface area (Å²) in [7, 11) is 0. The molecule has 1 aromatic rings. The van der Waals surface area contributed by atoms with Crippen molar-refractivity contribution in [2.24, 2.45) is 5.92 Å². The molecule has 0 fully saturated rings. The minimum absolute atomic E-state index is 0.392. The average Bonchev–Trinajstić information content (AvgIpc) is 2.62. The number of hydrogen-bond donors (Lipinski definition) is 3. The molecule has 0 saturated heterocycles. The molecule has 1 atom stereocenters. The van der Waals surface area contributed by atoms with Crippen LogP contribution in [0.3, 0.4) is 0 Å². The maximum Gasteiger partial charge on any atom is 0.322 e. The molecule has 0 aliphatic rings. The second-order valence-corrected chi connectivity index (χ2v) is 6.12. The van der Waals surface area contributed by atoms with Gasteiger partial charge in [-0.2, -0.15) is 0 Å². The molecule has 3 N–H and O–H groups in total. The third-order valence-electron chi connectivity index (χ3n) is 4.10. The first-order valence-corrected chi connectivity index (χ1v) is 8.91. The minimum Gasteiger partial charge on any atom is -0.481 e. The van der Waals surface area contributed by atoms with Crippen LogP contribution in [0.25, 0.3) is 0 Å². The highest BCUT2D eigenvalue weighted by Gasteiger charge is 2.18. The van der Waals surface area contributed by atoms with E-state index in [1.165, 1.54) is 0 Å². The van der Waals surface area contributed by atoms with Crippen LogP contribution in [-0.2, 0) is 16.0 Å². The Kier molecular flexibility index (Phi) is 9.75. The van der Waals surface area contributed by atoms with E-state index in [0.29, 0.717) is 24.8 Å². The van der Waals surface area contributed by atoms with E-state index in [9.17, 15) is 19.5 Å². The lowest BCUT2D eigenvalue weighted by molar-refractivity contribution is -0.142. The molecule has 0 bridgehead atoms. The number of benzene rings is 1. The van der Waals surface area contributed by atoms with Crippen LogP contribution in [0.15, 0.2) is 36.4 Å². The molecule has 1 amide bonds. The maximum atomic E-state index is 12.1. The van der Waals surface area contributed by atoms with Gasteiger partial charge in [-0.15, -0.1) is 0 Å². The van der Waals surface area contributed by atoms with Crippen LogP contribution in [-0.4, -0.2) is 34.6 Å². The Hall–Kier alpha value is -2.63. The fourth-order valence-corrected chi connectivity index (χ4v) is 2.70. The first-order chi connectivity index (χ1) is 12.5. The van der Waals surface area contributed by atoms with Gasteiger partial charge in [-0.3, -0.25) is 14.4 Å². The van der Waals surface area contributed by atoms with Crippen LogP contribution < -0.4 is 5.32 Å². The molecule has 1 unspecified atom stereocenters. The number of aliphatic carboxylic acids is 2. The predicted molar refractivity (Wildman–Crippen MR) is 99.1 cm³/mol. The van der Waals surface area contributed by atoms with Crippen LogP contribution in [0.2, 0.25) is 0 Å². The lowest BCUT2D eigenvalue weighted by Gasteiger charge is -2.14. The van der Waals surface area contributed by atoms with Gasteiger partial charge in [0.05, 0.1) is 5.92 Å². The van der Waals surface area contributed by atoms with Gasteiger partial charge in [0.25, 0.3) is 5.91 Å². The summed E-state index contributed by atoms with van der Waals surface area (Å²) < 4.78 is 0. The number of aryl methyl sites for hydroxylation is 1. The van der Waals surface area contributed by atoms with E-state index in [4.69, 9.17) is 5.11 Å². The first kappa shape index (κ1) is 21.4. The number of unbranched alkanes of at least 4 members (excludes halogenated alkanes) is 1. The van der Waals surface area contributed by atoms with Gasteiger partial charge in [-0.1, -0.05) is 37.3 Å². The Balaban J connectivity index is 2.65. The summed E-state index contributed by atoms with van der Waals surface area (Å²) in [5.41, 5.74) is 1.12. The molecule has 0 aromatic heterocycles. The zero-order valence-corrected chi connectivity index (χ0v) is 15.1. The summed E-state index contributed by atoms with van der Waals surface area (Å²) in [4.78, 5) is 34.2. The molecule has 0 saturated carbocycles. The lowest BCUT2D eigenvalue weighted by Crippen LogP contribution is -2.30. The fraction of sp³-hybridized carbons (Fsp3) is 0.450. The lowest BCUT2D eigenvalue weighted by atomic mass is 9.92. The highest BCUT2D eigenvalue weighted by Crippen LogP contribution is 2.19. The summed E-state index contributed by atoms with van der Waals surface area (Å²) in [5.74, 6) is -2.85. The molecular formula is C20H27NO5. The van der Waals surface area contributed by atoms with Crippen molar-refractivity contribution >= 4 is 17.8 Å². The Morgan fingerprint density at radius 2 is 1.85 bits per heavy atom. The smallest absolute Gasteiger partial charge is 0.322 e. The fourth-order valence-electron chi connectivity index (χ4n) is 2.70. The molecule has 142 valence electrons. The van der Waals surface area contributed by atoms with Crippen LogP contribution in [0.5, 0.6) is 0 Å². The second-order valence-electron chi connectivity index (χ2n) is 6.12. The number of hydrogen-bond acceptors (Lipinski definition) is 3. The summed E-state index contributed by atoms with van der Waals surface area (Å²) in [6.45, 7) is 1.61. The van der Waals surface area contributed by atoms with Crippen LogP contribution in [0.1, 0.15) is 54.9 Å². The molecule has 1 rings (SSSR count). The van der Waals surface area contributed by atoms with Gasteiger partial charge in [-0.05, 0) is 50.2 Å². The number of carboxylic acids is 2. The van der Waals surface area contributed by atoms with Crippen molar-refractivity contribution in [3.8, 4) is 0 Å². The van der Waals surface area contributed by atoms with Crippen molar-refractivity contribution in [1.82, 2.24) is 5.32 Å². The second kappa shape index (κ2) is 11.8. The van der Waals surface area contributed by atoms with Gasteiger partial charge in [-0.25, -0.2) is 0 Å². The molecule has 0 heterocycles. The topological polar surface area (TPSA) is 104 Å². The quantitative estimate of drug-likeness (QED) is 0.391. The number of carbonyl (C=O) groups is 3. The number of amides is 1. The molecule has 0 spiro atoms. The minimum atomic E-state index is -1.11. The molecule has 0 radical (unpaired) electrons. The van der Waals surface area contributed by atoms with E-state index < -0.39 is 30.3 Å². The van der Waals surface area contributed by atoms with E-state index in [-0.39, 0.29) is 0 Å². The van der Waals surface area contributed by atoms with E-state index in [0.717, 1.165) is 24.8 Å². The molecule has 6 heteroatoms. The van der Waals surface area contributed by atoms with Crippen molar-refractivity contribution in [1.29, 1.82) is 0 Å². The molecule has 0 aliphatic carbocycles. The first-order valence-electron chi connectivity index (χ1n) is 8.91. The van der Waals surface area contributed by atoms with Gasteiger partial charge in [0.1, 0.15) is 6.54 Å². The number of carboxylic acid groups (broad SMARTS) is 2. The Labute approximate surface area is 153 Å². The van der Waals surface area contributed by atoms with Gasteiger partial charge in [0.2, 0.25) is 0 Å². The van der Waals surface area contributed by atoms with Crippen LogP contribution >= 0.6 is 0 Å². The van der Waals surface area contributed by atoms with E-state index in [1.807, 2.05) is 0 Å². The van der Waals surface area contributed by atoms with Crippen molar-refractivity contribution in [2.75, 3.05) is 6.54 Å². The van der Waals surface area contributed by atoms with E-state index >= 15 is 0 Å². The van der Waals surface area contributed by atoms with Gasteiger partial charge < -0.3 is 15.5 Å². The summed E-state index contributed by atoms with van der Waals surface area (Å²) in [6.07, 6.45) is 8.29. The molecule has 26 heavy (non-hydrogen) atoms. The average molecular weight is 361 g/mol. The number of carbonyl (C=O) groups excluding carboxylic acids is 1. The van der Waals surface area contributed by atoms with E-state index in [2.05, 4.69) is 24.4 Å². The number of rotatable bonds is 12. The molecule has 1 aromatic carbocycles. The van der Waals surface area contributed by atoms with Gasteiger partial charge >= 0.3 is 11.9 Å². The largest absolute Gasteiger partial charge is 0.481 e. The molecule has 0 aliphatic heterocycles. The highest BCUT2D eigenvalue weighted by molar-refractivity contribution is 5.97. The van der Waals surface area contributed by atoms with Crippen LogP contribution in [0.4, 0.5) is 0 Å². The highest BCUT2D eigenvalue weighted by atomic mass is 16.4. The summed E-state index contributed by atoms with van der Waals surface area (Å²) >= 11 is 0. The number of allylic oxidation sites excluding steroid dienone is 2. The Morgan fingerprint density at radius 3 is 2.50 bits per heavy atom. The van der Waals surface area contributed by atoms with Crippen LogP contribution in [0, 0.1) is 5.92 Å². The molecule has 6 nitrogen and oxygen atoms in total.